The summed E-state index contributed by atoms with van der Waals surface area (Å²) in [6.07, 6.45) is 1.38. The molecule has 0 bridgehead atoms. The van der Waals surface area contributed by atoms with Crippen LogP contribution in [0.25, 0.3) is 0 Å². The van der Waals surface area contributed by atoms with E-state index in [0.717, 1.165) is 12.0 Å². The quantitative estimate of drug-likeness (QED) is 0.710. The Bertz CT molecular complexity index is 856. The Balaban J connectivity index is 1.55. The smallest absolute Gasteiger partial charge is 0.239 e. The lowest BCUT2D eigenvalue weighted by molar-refractivity contribution is -0.120. The molecule has 1 aliphatic rings. The first-order valence-electron chi connectivity index (χ1n) is 8.84. The van der Waals surface area contributed by atoms with Crippen LogP contribution in [0, 0.1) is 0 Å². The van der Waals surface area contributed by atoms with Gasteiger partial charge in [0.15, 0.2) is 0 Å². The second-order valence-corrected chi connectivity index (χ2v) is 7.26. The lowest BCUT2D eigenvalue weighted by Gasteiger charge is -2.16. The molecule has 1 aromatic carbocycles. The van der Waals surface area contributed by atoms with Crippen LogP contribution < -0.4 is 24.6 Å². The molecule has 0 radical (unpaired) electrons. The minimum absolute atomic E-state index is 0.0662. The predicted molar refractivity (Wildman–Crippen MR) is 106 cm³/mol. The van der Waals surface area contributed by atoms with Crippen molar-refractivity contribution in [2.45, 2.75) is 19.4 Å². The fraction of sp³-hybridized carbons (Fsp3) is 0.444. The van der Waals surface area contributed by atoms with Crippen LogP contribution in [-0.4, -0.2) is 56.4 Å². The summed E-state index contributed by atoms with van der Waals surface area (Å²) >= 11 is 1.30. The molecular weight excluding hydrogens is 382 g/mol. The van der Waals surface area contributed by atoms with E-state index in [2.05, 4.69) is 15.5 Å². The first-order valence-corrected chi connectivity index (χ1v) is 9.66. The summed E-state index contributed by atoms with van der Waals surface area (Å²) in [7, 11) is 4.93. The average Bonchev–Trinajstić information content (AvgIpc) is 3.35. The minimum atomic E-state index is -0.158. The zero-order chi connectivity index (χ0) is 20.1. The Morgan fingerprint density at radius 2 is 2.14 bits per heavy atom. The van der Waals surface area contributed by atoms with Crippen molar-refractivity contribution in [3.63, 3.8) is 0 Å². The Labute approximate surface area is 167 Å². The highest BCUT2D eigenvalue weighted by Crippen LogP contribution is 2.29. The zero-order valence-electron chi connectivity index (χ0n) is 16.1. The number of likely N-dealkylation sites (N-methyl/N-ethyl adjacent to an activating group) is 1. The SMILES string of the molecule is COc1ccc(CNC(=O)CN(C)c2nnc(N3CCCC3=O)s2)c(OC)c1. The van der Waals surface area contributed by atoms with Crippen molar-refractivity contribution in [2.75, 3.05) is 44.2 Å². The van der Waals surface area contributed by atoms with Crippen LogP contribution >= 0.6 is 11.3 Å². The Kier molecular flexibility index (Phi) is 6.30. The summed E-state index contributed by atoms with van der Waals surface area (Å²) in [5.41, 5.74) is 0.852. The van der Waals surface area contributed by atoms with Crippen LogP contribution in [-0.2, 0) is 16.1 Å². The van der Waals surface area contributed by atoms with Crippen LogP contribution in [0.5, 0.6) is 11.5 Å². The molecule has 0 atom stereocenters. The topological polar surface area (TPSA) is 96.9 Å². The standard InChI is InChI=1S/C18H23N5O4S/c1-22(17-20-21-18(28-17)23-8-4-5-16(23)25)11-15(24)19-10-12-6-7-13(26-2)9-14(12)27-3/h6-7,9H,4-5,8,10-11H2,1-3H3,(H,19,24). The molecule has 1 aliphatic heterocycles. The Hall–Kier alpha value is -2.88. The molecule has 28 heavy (non-hydrogen) atoms. The van der Waals surface area contributed by atoms with Gasteiger partial charge in [0.25, 0.3) is 0 Å². The van der Waals surface area contributed by atoms with Crippen molar-refractivity contribution >= 4 is 33.4 Å². The van der Waals surface area contributed by atoms with E-state index < -0.39 is 0 Å². The highest BCUT2D eigenvalue weighted by atomic mass is 32.1. The largest absolute Gasteiger partial charge is 0.497 e. The van der Waals surface area contributed by atoms with Crippen LogP contribution in [0.4, 0.5) is 10.3 Å². The summed E-state index contributed by atoms with van der Waals surface area (Å²) in [6, 6.07) is 5.44. The van der Waals surface area contributed by atoms with Crippen molar-refractivity contribution in [3.8, 4) is 11.5 Å². The third-order valence-electron chi connectivity index (χ3n) is 4.39. The molecule has 10 heteroatoms. The van der Waals surface area contributed by atoms with E-state index in [0.29, 0.717) is 41.3 Å². The molecule has 1 N–H and O–H groups in total. The number of hydrogen-bond donors (Lipinski definition) is 1. The Morgan fingerprint density at radius 1 is 1.32 bits per heavy atom. The highest BCUT2D eigenvalue weighted by molar-refractivity contribution is 7.19. The number of amides is 2. The molecule has 2 aromatic rings. The lowest BCUT2D eigenvalue weighted by atomic mass is 10.2. The summed E-state index contributed by atoms with van der Waals surface area (Å²) in [5.74, 6) is 1.25. The van der Waals surface area contributed by atoms with Crippen molar-refractivity contribution in [1.82, 2.24) is 15.5 Å². The molecule has 0 saturated carbocycles. The van der Waals surface area contributed by atoms with E-state index in [1.54, 1.807) is 37.1 Å². The average molecular weight is 405 g/mol. The molecule has 0 unspecified atom stereocenters. The van der Waals surface area contributed by atoms with Crippen LogP contribution in [0.2, 0.25) is 0 Å². The number of rotatable bonds is 8. The molecule has 0 spiro atoms. The van der Waals surface area contributed by atoms with E-state index in [1.165, 1.54) is 11.3 Å². The van der Waals surface area contributed by atoms with Crippen molar-refractivity contribution in [2.24, 2.45) is 0 Å². The number of nitrogens with zero attached hydrogens (tertiary/aromatic N) is 4. The zero-order valence-corrected chi connectivity index (χ0v) is 16.9. The number of hydrogen-bond acceptors (Lipinski definition) is 8. The number of benzene rings is 1. The summed E-state index contributed by atoms with van der Waals surface area (Å²) in [5, 5.41) is 12.2. The van der Waals surface area contributed by atoms with Gasteiger partial charge in [0.1, 0.15) is 11.5 Å². The first kappa shape index (κ1) is 19.9. The second kappa shape index (κ2) is 8.87. The Morgan fingerprint density at radius 3 is 2.82 bits per heavy atom. The monoisotopic (exact) mass is 405 g/mol. The lowest BCUT2D eigenvalue weighted by Crippen LogP contribution is -2.34. The van der Waals surface area contributed by atoms with E-state index >= 15 is 0 Å². The number of methoxy groups -OCH3 is 2. The van der Waals surface area contributed by atoms with E-state index in [1.807, 2.05) is 12.1 Å². The normalized spacial score (nSPS) is 13.5. The number of ether oxygens (including phenoxy) is 2. The van der Waals surface area contributed by atoms with Gasteiger partial charge in [0.05, 0.1) is 20.8 Å². The maximum Gasteiger partial charge on any atom is 0.239 e. The summed E-state index contributed by atoms with van der Waals surface area (Å²) in [4.78, 5) is 27.5. The van der Waals surface area contributed by atoms with Crippen molar-refractivity contribution in [3.05, 3.63) is 23.8 Å². The number of carbonyl (C=O) groups excluding carboxylic acids is 2. The maximum atomic E-state index is 12.3. The van der Waals surface area contributed by atoms with Crippen molar-refractivity contribution in [1.29, 1.82) is 0 Å². The van der Waals surface area contributed by atoms with Crippen LogP contribution in [0.3, 0.4) is 0 Å². The van der Waals surface area contributed by atoms with Gasteiger partial charge in [-0.25, -0.2) is 0 Å². The third kappa shape index (κ3) is 4.50. The summed E-state index contributed by atoms with van der Waals surface area (Å²) in [6.45, 7) is 1.13. The molecule has 2 amide bonds. The highest BCUT2D eigenvalue weighted by Gasteiger charge is 2.25. The predicted octanol–water partition coefficient (Wildman–Crippen LogP) is 1.43. The fourth-order valence-corrected chi connectivity index (χ4v) is 3.70. The van der Waals surface area contributed by atoms with Gasteiger partial charge >= 0.3 is 0 Å². The molecular formula is C18H23N5O4S. The minimum Gasteiger partial charge on any atom is -0.497 e. The van der Waals surface area contributed by atoms with Gasteiger partial charge in [-0.3, -0.25) is 14.5 Å². The fourth-order valence-electron chi connectivity index (χ4n) is 2.85. The van der Waals surface area contributed by atoms with Gasteiger partial charge in [0, 0.05) is 38.2 Å². The second-order valence-electron chi connectivity index (χ2n) is 6.33. The van der Waals surface area contributed by atoms with Gasteiger partial charge in [0.2, 0.25) is 22.1 Å². The van der Waals surface area contributed by atoms with Crippen molar-refractivity contribution < 1.29 is 19.1 Å². The van der Waals surface area contributed by atoms with Gasteiger partial charge in [-0.1, -0.05) is 11.3 Å². The molecule has 2 heterocycles. The van der Waals surface area contributed by atoms with Gasteiger partial charge in [-0.05, 0) is 18.6 Å². The molecule has 0 aliphatic carbocycles. The third-order valence-corrected chi connectivity index (χ3v) is 5.45. The van der Waals surface area contributed by atoms with E-state index in [9.17, 15) is 9.59 Å². The van der Waals surface area contributed by atoms with E-state index in [-0.39, 0.29) is 18.4 Å². The van der Waals surface area contributed by atoms with Gasteiger partial charge < -0.3 is 19.7 Å². The van der Waals surface area contributed by atoms with Gasteiger partial charge in [-0.15, -0.1) is 10.2 Å². The van der Waals surface area contributed by atoms with Crippen LogP contribution in [0.15, 0.2) is 18.2 Å². The first-order chi connectivity index (χ1) is 13.5. The molecule has 1 fully saturated rings. The molecule has 1 saturated heterocycles. The number of aromatic nitrogens is 2. The molecule has 3 rings (SSSR count). The number of nitrogens with one attached hydrogen (secondary N) is 1. The maximum absolute atomic E-state index is 12.3. The number of carbonyl (C=O) groups is 2. The van der Waals surface area contributed by atoms with Gasteiger partial charge in [-0.2, -0.15) is 0 Å². The van der Waals surface area contributed by atoms with Crippen LogP contribution in [0.1, 0.15) is 18.4 Å². The number of anilines is 2. The molecule has 9 nitrogen and oxygen atoms in total. The molecule has 1 aromatic heterocycles. The molecule has 150 valence electrons. The summed E-state index contributed by atoms with van der Waals surface area (Å²) < 4.78 is 10.5. The van der Waals surface area contributed by atoms with E-state index in [4.69, 9.17) is 9.47 Å².